The first-order valence-corrected chi connectivity index (χ1v) is 11.0. The minimum atomic E-state index is -3.12. The van der Waals surface area contributed by atoms with E-state index >= 15 is 0 Å². The highest BCUT2D eigenvalue weighted by molar-refractivity contribution is 7.91. The highest BCUT2D eigenvalue weighted by atomic mass is 32.2. The Labute approximate surface area is 157 Å². The van der Waals surface area contributed by atoms with Crippen molar-refractivity contribution in [3.05, 3.63) is 0 Å². The van der Waals surface area contributed by atoms with Crippen LogP contribution in [0.15, 0.2) is 0 Å². The van der Waals surface area contributed by atoms with Crippen molar-refractivity contribution in [1.82, 2.24) is 10.2 Å². The van der Waals surface area contributed by atoms with Crippen LogP contribution in [0.2, 0.25) is 0 Å². The SMILES string of the molecule is C[C@@H](C(=O)OCC(=O)N[C@H]1CCS(=O)(=O)C1)N1C(=O)[C@H]2CCCC[C@H]2C1=O. The number of nitrogens with zero attached hydrogens (tertiary/aromatic N) is 1. The molecule has 27 heavy (non-hydrogen) atoms. The molecule has 3 amide bonds. The second kappa shape index (κ2) is 7.57. The van der Waals surface area contributed by atoms with Gasteiger partial charge in [0.15, 0.2) is 16.4 Å². The number of hydrogen-bond acceptors (Lipinski definition) is 7. The van der Waals surface area contributed by atoms with Crippen molar-refractivity contribution >= 4 is 33.5 Å². The number of rotatable bonds is 5. The summed E-state index contributed by atoms with van der Waals surface area (Å²) in [5.74, 6) is -2.92. The van der Waals surface area contributed by atoms with Crippen LogP contribution >= 0.6 is 0 Å². The molecule has 10 heteroatoms. The van der Waals surface area contributed by atoms with Crippen LogP contribution in [-0.2, 0) is 33.8 Å². The van der Waals surface area contributed by atoms with E-state index in [1.54, 1.807) is 0 Å². The van der Waals surface area contributed by atoms with Gasteiger partial charge in [0, 0.05) is 6.04 Å². The van der Waals surface area contributed by atoms with Crippen LogP contribution in [0, 0.1) is 11.8 Å². The van der Waals surface area contributed by atoms with E-state index in [9.17, 15) is 27.6 Å². The molecule has 2 heterocycles. The van der Waals surface area contributed by atoms with E-state index in [0.29, 0.717) is 19.3 Å². The fourth-order valence-corrected chi connectivity index (χ4v) is 5.78. The monoisotopic (exact) mass is 400 g/mol. The van der Waals surface area contributed by atoms with Gasteiger partial charge >= 0.3 is 5.97 Å². The largest absolute Gasteiger partial charge is 0.454 e. The van der Waals surface area contributed by atoms with Gasteiger partial charge < -0.3 is 10.1 Å². The number of carbonyl (C=O) groups is 4. The van der Waals surface area contributed by atoms with Gasteiger partial charge in [-0.05, 0) is 26.2 Å². The number of carbonyl (C=O) groups excluding carboxylic acids is 4. The highest BCUT2D eigenvalue weighted by Gasteiger charge is 2.51. The van der Waals surface area contributed by atoms with Gasteiger partial charge in [0.2, 0.25) is 11.8 Å². The first-order chi connectivity index (χ1) is 12.7. The Morgan fingerprint density at radius 3 is 2.26 bits per heavy atom. The predicted molar refractivity (Wildman–Crippen MR) is 92.9 cm³/mol. The van der Waals surface area contributed by atoms with Crippen molar-refractivity contribution in [3.63, 3.8) is 0 Å². The summed E-state index contributed by atoms with van der Waals surface area (Å²) in [6.45, 7) is 0.833. The number of hydrogen-bond donors (Lipinski definition) is 1. The molecule has 0 bridgehead atoms. The summed E-state index contributed by atoms with van der Waals surface area (Å²) in [7, 11) is -3.12. The van der Waals surface area contributed by atoms with Crippen LogP contribution in [0.25, 0.3) is 0 Å². The number of ether oxygens (including phenoxy) is 1. The van der Waals surface area contributed by atoms with E-state index in [2.05, 4.69) is 5.32 Å². The van der Waals surface area contributed by atoms with Gasteiger partial charge in [0.25, 0.3) is 5.91 Å². The summed E-state index contributed by atoms with van der Waals surface area (Å²) < 4.78 is 27.7. The molecule has 9 nitrogen and oxygen atoms in total. The Balaban J connectivity index is 1.51. The van der Waals surface area contributed by atoms with Crippen LogP contribution < -0.4 is 5.32 Å². The minimum absolute atomic E-state index is 0.0241. The molecule has 3 fully saturated rings. The number of sulfone groups is 1. The summed E-state index contributed by atoms with van der Waals surface area (Å²) in [6, 6.07) is -1.57. The third-order valence-electron chi connectivity index (χ3n) is 5.55. The summed E-state index contributed by atoms with van der Waals surface area (Å²) in [5, 5.41) is 2.51. The Bertz CT molecular complexity index is 739. The first-order valence-electron chi connectivity index (χ1n) is 9.23. The van der Waals surface area contributed by atoms with E-state index in [1.807, 2.05) is 0 Å². The van der Waals surface area contributed by atoms with Gasteiger partial charge in [-0.3, -0.25) is 19.3 Å². The number of imide groups is 1. The molecule has 2 saturated heterocycles. The molecule has 3 aliphatic rings. The van der Waals surface area contributed by atoms with Gasteiger partial charge in [-0.25, -0.2) is 13.2 Å². The third-order valence-corrected chi connectivity index (χ3v) is 7.31. The lowest BCUT2D eigenvalue weighted by Gasteiger charge is -2.21. The van der Waals surface area contributed by atoms with Crippen molar-refractivity contribution in [3.8, 4) is 0 Å². The molecule has 0 aromatic rings. The Morgan fingerprint density at radius 2 is 1.74 bits per heavy atom. The molecule has 0 unspecified atom stereocenters. The zero-order valence-corrected chi connectivity index (χ0v) is 16.0. The lowest BCUT2D eigenvalue weighted by atomic mass is 9.81. The Morgan fingerprint density at radius 1 is 1.15 bits per heavy atom. The van der Waals surface area contributed by atoms with Crippen LogP contribution in [0.1, 0.15) is 39.0 Å². The number of amides is 3. The van der Waals surface area contributed by atoms with E-state index in [1.165, 1.54) is 6.92 Å². The molecule has 0 aromatic carbocycles. The van der Waals surface area contributed by atoms with E-state index in [-0.39, 0.29) is 35.2 Å². The molecule has 2 aliphatic heterocycles. The zero-order valence-electron chi connectivity index (χ0n) is 15.2. The maximum absolute atomic E-state index is 12.5. The van der Waals surface area contributed by atoms with Gasteiger partial charge in [0.1, 0.15) is 6.04 Å². The Kier molecular flexibility index (Phi) is 5.55. The standard InChI is InChI=1S/C17H24N2O7S/c1-10(19-15(21)12-4-2-3-5-13(12)16(19)22)17(23)26-8-14(20)18-11-6-7-27(24,25)9-11/h10-13H,2-9H2,1H3,(H,18,20)/t10-,11-,12-,13+/m0/s1. The fraction of sp³-hybridized carbons (Fsp3) is 0.765. The third kappa shape index (κ3) is 4.15. The van der Waals surface area contributed by atoms with Gasteiger partial charge in [-0.15, -0.1) is 0 Å². The highest BCUT2D eigenvalue weighted by Crippen LogP contribution is 2.38. The van der Waals surface area contributed by atoms with Gasteiger partial charge in [0.05, 0.1) is 23.3 Å². The van der Waals surface area contributed by atoms with E-state index < -0.39 is 40.4 Å². The fourth-order valence-electron chi connectivity index (χ4n) is 4.11. The number of likely N-dealkylation sites (tertiary alicyclic amines) is 1. The van der Waals surface area contributed by atoms with Crippen LogP contribution in [-0.4, -0.2) is 67.2 Å². The maximum atomic E-state index is 12.5. The molecule has 1 N–H and O–H groups in total. The van der Waals surface area contributed by atoms with Crippen LogP contribution in [0.3, 0.4) is 0 Å². The molecular formula is C17H24N2O7S. The second-order valence-electron chi connectivity index (χ2n) is 7.50. The van der Waals surface area contributed by atoms with Crippen LogP contribution in [0.4, 0.5) is 0 Å². The van der Waals surface area contributed by atoms with Crippen molar-refractivity contribution in [2.45, 2.75) is 51.1 Å². The lowest BCUT2D eigenvalue weighted by Crippen LogP contribution is -2.45. The molecule has 1 aliphatic carbocycles. The molecular weight excluding hydrogens is 376 g/mol. The van der Waals surface area contributed by atoms with Gasteiger partial charge in [-0.1, -0.05) is 12.8 Å². The van der Waals surface area contributed by atoms with Crippen molar-refractivity contribution in [2.75, 3.05) is 18.1 Å². The first kappa shape index (κ1) is 19.8. The average molecular weight is 400 g/mol. The zero-order chi connectivity index (χ0) is 19.8. The summed E-state index contributed by atoms with van der Waals surface area (Å²) >= 11 is 0. The number of fused-ring (bicyclic) bond motifs is 1. The summed E-state index contributed by atoms with van der Waals surface area (Å²) in [4.78, 5) is 50.0. The summed E-state index contributed by atoms with van der Waals surface area (Å²) in [6.07, 6.45) is 3.42. The normalized spacial score (nSPS) is 30.7. The number of esters is 1. The topological polar surface area (TPSA) is 127 Å². The molecule has 4 atom stereocenters. The quantitative estimate of drug-likeness (QED) is 0.482. The molecule has 0 radical (unpaired) electrons. The smallest absolute Gasteiger partial charge is 0.329 e. The van der Waals surface area contributed by atoms with Crippen molar-refractivity contribution < 1.29 is 32.3 Å². The van der Waals surface area contributed by atoms with Gasteiger partial charge in [-0.2, -0.15) is 0 Å². The number of nitrogens with one attached hydrogen (secondary N) is 1. The molecule has 0 spiro atoms. The van der Waals surface area contributed by atoms with E-state index in [4.69, 9.17) is 4.74 Å². The second-order valence-corrected chi connectivity index (χ2v) is 9.72. The average Bonchev–Trinajstić information content (AvgIpc) is 3.09. The summed E-state index contributed by atoms with van der Waals surface area (Å²) in [5.41, 5.74) is 0. The van der Waals surface area contributed by atoms with Crippen LogP contribution in [0.5, 0.6) is 0 Å². The maximum Gasteiger partial charge on any atom is 0.329 e. The molecule has 150 valence electrons. The molecule has 1 saturated carbocycles. The minimum Gasteiger partial charge on any atom is -0.454 e. The van der Waals surface area contributed by atoms with E-state index in [0.717, 1.165) is 17.7 Å². The van der Waals surface area contributed by atoms with Crippen molar-refractivity contribution in [2.24, 2.45) is 11.8 Å². The molecule has 3 rings (SSSR count). The van der Waals surface area contributed by atoms with Crippen molar-refractivity contribution in [1.29, 1.82) is 0 Å². The molecule has 0 aromatic heterocycles. The predicted octanol–water partition coefficient (Wildman–Crippen LogP) is -0.603. The lowest BCUT2D eigenvalue weighted by molar-refractivity contribution is -0.159. The Hall–Kier alpha value is -1.97.